The van der Waals surface area contributed by atoms with Gasteiger partial charge >= 0.3 is 0 Å². The lowest BCUT2D eigenvalue weighted by Gasteiger charge is -2.36. The average molecular weight is 253 g/mol. The van der Waals surface area contributed by atoms with E-state index in [0.29, 0.717) is 12.5 Å². The zero-order valence-corrected chi connectivity index (χ0v) is 11.7. The molecule has 0 spiro atoms. The second kappa shape index (κ2) is 6.02. The molecule has 2 rings (SSSR count). The molecule has 1 amide bonds. The van der Waals surface area contributed by atoms with Gasteiger partial charge in [0.25, 0.3) is 0 Å². The highest BCUT2D eigenvalue weighted by molar-refractivity contribution is 5.78. The molecule has 0 aromatic heterocycles. The summed E-state index contributed by atoms with van der Waals surface area (Å²) in [4.78, 5) is 14.4. The van der Waals surface area contributed by atoms with E-state index in [4.69, 9.17) is 5.73 Å². The summed E-state index contributed by atoms with van der Waals surface area (Å²) in [6, 6.07) is 1.51. The van der Waals surface area contributed by atoms with Crippen LogP contribution >= 0.6 is 0 Å². The topological polar surface area (TPSA) is 58.4 Å². The quantitative estimate of drug-likeness (QED) is 0.767. The van der Waals surface area contributed by atoms with Crippen LogP contribution in [0.3, 0.4) is 0 Å². The van der Waals surface area contributed by atoms with Crippen LogP contribution in [0.1, 0.15) is 39.0 Å². The predicted octanol–water partition coefficient (Wildman–Crippen LogP) is 0.960. The monoisotopic (exact) mass is 253 g/mol. The number of nitrogens with one attached hydrogen (secondary N) is 1. The lowest BCUT2D eigenvalue weighted by molar-refractivity contribution is -0.124. The summed E-state index contributed by atoms with van der Waals surface area (Å²) in [5.74, 6) is 0.900. The summed E-state index contributed by atoms with van der Waals surface area (Å²) in [7, 11) is 2.25. The Labute approximate surface area is 110 Å². The SMILES string of the molecule is CC(CCN)C(=O)NCC1CC2CCC(C1)N2C. The van der Waals surface area contributed by atoms with Crippen LogP contribution in [0.5, 0.6) is 0 Å². The third kappa shape index (κ3) is 3.04. The molecule has 0 aliphatic carbocycles. The van der Waals surface area contributed by atoms with Gasteiger partial charge in [0, 0.05) is 24.5 Å². The molecule has 0 saturated carbocycles. The van der Waals surface area contributed by atoms with Gasteiger partial charge in [-0.1, -0.05) is 6.92 Å². The first-order valence-electron chi connectivity index (χ1n) is 7.31. The maximum absolute atomic E-state index is 11.8. The Hall–Kier alpha value is -0.610. The van der Waals surface area contributed by atoms with Crippen molar-refractivity contribution in [3.8, 4) is 0 Å². The average Bonchev–Trinajstić information content (AvgIpc) is 2.59. The van der Waals surface area contributed by atoms with Gasteiger partial charge < -0.3 is 16.0 Å². The van der Waals surface area contributed by atoms with Crippen LogP contribution in [-0.2, 0) is 4.79 Å². The van der Waals surface area contributed by atoms with E-state index in [0.717, 1.165) is 25.0 Å². The molecule has 2 heterocycles. The first-order valence-corrected chi connectivity index (χ1v) is 7.31. The molecule has 3 N–H and O–H groups in total. The third-order valence-electron chi connectivity index (χ3n) is 4.81. The predicted molar refractivity (Wildman–Crippen MR) is 73.1 cm³/mol. The molecule has 0 aromatic carbocycles. The van der Waals surface area contributed by atoms with Gasteiger partial charge in [0.05, 0.1) is 0 Å². The van der Waals surface area contributed by atoms with Crippen molar-refractivity contribution in [3.63, 3.8) is 0 Å². The molecule has 2 aliphatic heterocycles. The molecule has 3 atom stereocenters. The first kappa shape index (κ1) is 13.8. The zero-order valence-electron chi connectivity index (χ0n) is 11.7. The molecule has 18 heavy (non-hydrogen) atoms. The van der Waals surface area contributed by atoms with Crippen molar-refractivity contribution in [1.82, 2.24) is 10.2 Å². The van der Waals surface area contributed by atoms with Gasteiger partial charge in [-0.2, -0.15) is 0 Å². The lowest BCUT2D eigenvalue weighted by Crippen LogP contribution is -2.44. The molecule has 2 saturated heterocycles. The van der Waals surface area contributed by atoms with Crippen molar-refractivity contribution in [2.75, 3.05) is 20.1 Å². The number of hydrogen-bond acceptors (Lipinski definition) is 3. The highest BCUT2D eigenvalue weighted by Crippen LogP contribution is 2.36. The van der Waals surface area contributed by atoms with Gasteiger partial charge in [0.2, 0.25) is 5.91 Å². The molecule has 2 aliphatic rings. The van der Waals surface area contributed by atoms with Crippen LogP contribution in [0.25, 0.3) is 0 Å². The number of rotatable bonds is 5. The number of fused-ring (bicyclic) bond motifs is 2. The number of nitrogens with two attached hydrogens (primary N) is 1. The van der Waals surface area contributed by atoms with E-state index in [-0.39, 0.29) is 11.8 Å². The molecule has 2 bridgehead atoms. The summed E-state index contributed by atoms with van der Waals surface area (Å²) in [5.41, 5.74) is 5.48. The number of piperidine rings is 1. The van der Waals surface area contributed by atoms with E-state index in [1.54, 1.807) is 0 Å². The fourth-order valence-corrected chi connectivity index (χ4v) is 3.49. The second-order valence-electron chi connectivity index (χ2n) is 6.11. The van der Waals surface area contributed by atoms with Crippen molar-refractivity contribution in [2.24, 2.45) is 17.6 Å². The molecule has 4 nitrogen and oxygen atoms in total. The normalized spacial score (nSPS) is 33.4. The summed E-state index contributed by atoms with van der Waals surface area (Å²) in [5, 5.41) is 3.11. The van der Waals surface area contributed by atoms with E-state index in [1.807, 2.05) is 6.92 Å². The van der Waals surface area contributed by atoms with Crippen LogP contribution < -0.4 is 11.1 Å². The summed E-state index contributed by atoms with van der Waals surface area (Å²) >= 11 is 0. The Morgan fingerprint density at radius 3 is 2.56 bits per heavy atom. The summed E-state index contributed by atoms with van der Waals surface area (Å²) in [6.45, 7) is 3.40. The Kier molecular flexibility index (Phi) is 4.62. The lowest BCUT2D eigenvalue weighted by atomic mass is 9.91. The summed E-state index contributed by atoms with van der Waals surface area (Å²) < 4.78 is 0. The Balaban J connectivity index is 1.73. The number of nitrogens with zero attached hydrogens (tertiary/aromatic N) is 1. The minimum Gasteiger partial charge on any atom is -0.356 e. The van der Waals surface area contributed by atoms with Crippen LogP contribution in [0, 0.1) is 11.8 Å². The Morgan fingerprint density at radius 1 is 1.39 bits per heavy atom. The van der Waals surface area contributed by atoms with E-state index >= 15 is 0 Å². The van der Waals surface area contributed by atoms with Crippen molar-refractivity contribution >= 4 is 5.91 Å². The number of amides is 1. The van der Waals surface area contributed by atoms with Gasteiger partial charge in [-0.3, -0.25) is 4.79 Å². The molecule has 2 fully saturated rings. The fourth-order valence-electron chi connectivity index (χ4n) is 3.49. The Bertz CT molecular complexity index is 281. The van der Waals surface area contributed by atoms with E-state index in [2.05, 4.69) is 17.3 Å². The molecule has 4 heteroatoms. The number of hydrogen-bond donors (Lipinski definition) is 2. The van der Waals surface area contributed by atoms with Crippen molar-refractivity contribution in [1.29, 1.82) is 0 Å². The molecular weight excluding hydrogens is 226 g/mol. The Morgan fingerprint density at radius 2 is 2.00 bits per heavy atom. The number of carbonyl (C=O) groups is 1. The van der Waals surface area contributed by atoms with Gasteiger partial charge in [-0.25, -0.2) is 0 Å². The molecule has 3 unspecified atom stereocenters. The van der Waals surface area contributed by atoms with Gasteiger partial charge in [0.1, 0.15) is 0 Å². The van der Waals surface area contributed by atoms with E-state index in [9.17, 15) is 4.79 Å². The van der Waals surface area contributed by atoms with Gasteiger partial charge in [-0.15, -0.1) is 0 Å². The maximum Gasteiger partial charge on any atom is 0.222 e. The van der Waals surface area contributed by atoms with Crippen LogP contribution in [-0.4, -0.2) is 43.0 Å². The molecular formula is C14H27N3O. The number of carbonyl (C=O) groups excluding carboxylic acids is 1. The van der Waals surface area contributed by atoms with Crippen LogP contribution in [0.15, 0.2) is 0 Å². The van der Waals surface area contributed by atoms with Gasteiger partial charge in [0.15, 0.2) is 0 Å². The first-order chi connectivity index (χ1) is 8.61. The third-order valence-corrected chi connectivity index (χ3v) is 4.81. The highest BCUT2D eigenvalue weighted by Gasteiger charge is 2.38. The van der Waals surface area contributed by atoms with Crippen LogP contribution in [0.4, 0.5) is 0 Å². The van der Waals surface area contributed by atoms with Crippen molar-refractivity contribution < 1.29 is 4.79 Å². The minimum absolute atomic E-state index is 0.0537. The minimum atomic E-state index is 0.0537. The fraction of sp³-hybridized carbons (Fsp3) is 0.929. The van der Waals surface area contributed by atoms with E-state index in [1.165, 1.54) is 25.7 Å². The molecule has 104 valence electrons. The zero-order chi connectivity index (χ0) is 13.1. The van der Waals surface area contributed by atoms with Crippen molar-refractivity contribution in [3.05, 3.63) is 0 Å². The van der Waals surface area contributed by atoms with Crippen molar-refractivity contribution in [2.45, 2.75) is 51.1 Å². The van der Waals surface area contributed by atoms with Crippen LogP contribution in [0.2, 0.25) is 0 Å². The maximum atomic E-state index is 11.8. The smallest absolute Gasteiger partial charge is 0.222 e. The second-order valence-corrected chi connectivity index (χ2v) is 6.11. The highest BCUT2D eigenvalue weighted by atomic mass is 16.1. The van der Waals surface area contributed by atoms with E-state index < -0.39 is 0 Å². The molecule has 0 radical (unpaired) electrons. The molecule has 0 aromatic rings. The standard InChI is InChI=1S/C14H27N3O/c1-10(5-6-15)14(18)16-9-11-7-12-3-4-13(8-11)17(12)2/h10-13H,3-9,15H2,1-2H3,(H,16,18). The largest absolute Gasteiger partial charge is 0.356 e. The summed E-state index contributed by atoms with van der Waals surface area (Å²) in [6.07, 6.45) is 5.96. The van der Waals surface area contributed by atoms with Gasteiger partial charge in [-0.05, 0) is 51.6 Å².